The van der Waals surface area contributed by atoms with Crippen LogP contribution in [0.5, 0.6) is 0 Å². The van der Waals surface area contributed by atoms with Gasteiger partial charge in [0.15, 0.2) is 9.84 Å². The van der Waals surface area contributed by atoms with Crippen molar-refractivity contribution in [3.8, 4) is 0 Å². The molecule has 116 valence electrons. The van der Waals surface area contributed by atoms with Crippen LogP contribution in [-0.4, -0.2) is 24.8 Å². The van der Waals surface area contributed by atoms with Crippen molar-refractivity contribution in [3.63, 3.8) is 0 Å². The molecule has 0 amide bonds. The lowest BCUT2D eigenvalue weighted by Gasteiger charge is -2.43. The van der Waals surface area contributed by atoms with E-state index in [1.165, 1.54) is 26.0 Å². The van der Waals surface area contributed by atoms with Crippen LogP contribution in [0, 0.1) is 11.2 Å². The summed E-state index contributed by atoms with van der Waals surface area (Å²) in [6.45, 7) is 4.47. The van der Waals surface area contributed by atoms with Crippen LogP contribution in [0.1, 0.15) is 26.3 Å². The van der Waals surface area contributed by atoms with E-state index < -0.39 is 25.9 Å². The van der Waals surface area contributed by atoms with Gasteiger partial charge in [0.2, 0.25) is 0 Å². The van der Waals surface area contributed by atoms with Crippen molar-refractivity contribution in [2.45, 2.75) is 31.1 Å². The molecule has 1 aromatic rings. The van der Waals surface area contributed by atoms with Crippen LogP contribution in [0.25, 0.3) is 0 Å². The van der Waals surface area contributed by atoms with Crippen molar-refractivity contribution >= 4 is 43.2 Å². The molecule has 1 fully saturated rings. The summed E-state index contributed by atoms with van der Waals surface area (Å²) in [6, 6.07) is 2.88. The summed E-state index contributed by atoms with van der Waals surface area (Å²) in [4.78, 5) is 0. The molecule has 0 radical (unpaired) electrons. The minimum absolute atomic E-state index is 0.101. The Balaban J connectivity index is 2.63. The molecule has 1 atom stereocenters. The Labute approximate surface area is 136 Å². The summed E-state index contributed by atoms with van der Waals surface area (Å²) in [6.07, 6.45) is 0. The van der Waals surface area contributed by atoms with Crippen LogP contribution >= 0.6 is 27.5 Å². The first-order chi connectivity index (χ1) is 9.41. The van der Waals surface area contributed by atoms with Gasteiger partial charge < -0.3 is 5.32 Å². The maximum Gasteiger partial charge on any atom is 0.165 e. The van der Waals surface area contributed by atoms with Gasteiger partial charge in [-0.2, -0.15) is 0 Å². The van der Waals surface area contributed by atoms with E-state index in [0.717, 1.165) is 0 Å². The highest BCUT2D eigenvalue weighted by Crippen LogP contribution is 2.37. The zero-order valence-corrected chi connectivity index (χ0v) is 14.9. The molecule has 2 rings (SSSR count). The molecule has 1 saturated heterocycles. The maximum absolute atomic E-state index is 14.3. The predicted molar refractivity (Wildman–Crippen MR) is 85.2 cm³/mol. The van der Waals surface area contributed by atoms with Gasteiger partial charge in [0, 0.05) is 10.0 Å². The Morgan fingerprint density at radius 1 is 1.38 bits per heavy atom. The monoisotopic (exact) mass is 396 g/mol. The van der Waals surface area contributed by atoms with Gasteiger partial charge in [-0.05, 0) is 32.9 Å². The minimum atomic E-state index is -3.62. The third kappa shape index (κ3) is 2.59. The molecule has 0 aliphatic carbocycles. The smallest absolute Gasteiger partial charge is 0.165 e. The van der Waals surface area contributed by atoms with E-state index in [4.69, 9.17) is 17.0 Å². The number of halogens is 3. The first-order valence-corrected chi connectivity index (χ1v) is 8.97. The SMILES string of the molecule is CC1(C)C(=N)N[C@](C)(c2cc(Br)cc(Cl)c2F)CS1(=O)=O. The molecule has 0 aromatic heterocycles. The van der Waals surface area contributed by atoms with E-state index in [1.54, 1.807) is 6.92 Å². The van der Waals surface area contributed by atoms with Gasteiger partial charge in [-0.15, -0.1) is 0 Å². The molecule has 0 unspecified atom stereocenters. The lowest BCUT2D eigenvalue weighted by atomic mass is 9.92. The Bertz CT molecular complexity index is 736. The summed E-state index contributed by atoms with van der Waals surface area (Å²) in [5, 5.41) is 10.7. The predicted octanol–water partition coefficient (Wildman–Crippen LogP) is 3.23. The standard InChI is InChI=1S/C13H15BrClFN2O2S/c1-12(2)11(17)18-13(3,6-21(12,19)20)8-4-7(14)5-9(15)10(8)16/h4-5H,6H2,1-3H3,(H2,17,18)/t13-/m0/s1. The third-order valence-electron chi connectivity index (χ3n) is 3.85. The second-order valence-electron chi connectivity index (χ2n) is 5.85. The van der Waals surface area contributed by atoms with Crippen molar-refractivity contribution in [1.82, 2.24) is 5.32 Å². The molecular formula is C13H15BrClFN2O2S. The number of hydrogen-bond donors (Lipinski definition) is 2. The van der Waals surface area contributed by atoms with Crippen molar-refractivity contribution < 1.29 is 12.8 Å². The van der Waals surface area contributed by atoms with Crippen LogP contribution in [-0.2, 0) is 15.4 Å². The molecule has 21 heavy (non-hydrogen) atoms. The second-order valence-corrected chi connectivity index (χ2v) is 9.71. The number of rotatable bonds is 1. The lowest BCUT2D eigenvalue weighted by molar-refractivity contribution is 0.422. The maximum atomic E-state index is 14.3. The zero-order chi connectivity index (χ0) is 16.2. The second kappa shape index (κ2) is 4.93. The fourth-order valence-corrected chi connectivity index (χ4v) is 4.80. The lowest BCUT2D eigenvalue weighted by Crippen LogP contribution is -2.64. The molecule has 2 N–H and O–H groups in total. The molecule has 0 saturated carbocycles. The summed E-state index contributed by atoms with van der Waals surface area (Å²) < 4.78 is 38.4. The van der Waals surface area contributed by atoms with Gasteiger partial charge >= 0.3 is 0 Å². The van der Waals surface area contributed by atoms with Crippen molar-refractivity contribution in [2.75, 3.05) is 5.75 Å². The van der Waals surface area contributed by atoms with E-state index in [-0.39, 0.29) is 22.2 Å². The zero-order valence-electron chi connectivity index (χ0n) is 11.7. The average molecular weight is 398 g/mol. The van der Waals surface area contributed by atoms with Gasteiger partial charge in [0.05, 0.1) is 16.3 Å². The van der Waals surface area contributed by atoms with Crippen molar-refractivity contribution in [2.24, 2.45) is 0 Å². The number of nitrogens with one attached hydrogen (secondary N) is 2. The number of sulfone groups is 1. The summed E-state index contributed by atoms with van der Waals surface area (Å²) >= 11 is 9.05. The van der Waals surface area contributed by atoms with Crippen LogP contribution < -0.4 is 5.32 Å². The van der Waals surface area contributed by atoms with E-state index in [9.17, 15) is 12.8 Å². The Hall–Kier alpha value is -0.660. The van der Waals surface area contributed by atoms with Gasteiger partial charge in [-0.1, -0.05) is 27.5 Å². The first-order valence-electron chi connectivity index (χ1n) is 6.15. The van der Waals surface area contributed by atoms with Crippen LogP contribution in [0.2, 0.25) is 5.02 Å². The van der Waals surface area contributed by atoms with Crippen LogP contribution in [0.15, 0.2) is 16.6 Å². The summed E-state index contributed by atoms with van der Waals surface area (Å²) in [7, 11) is -3.62. The van der Waals surface area contributed by atoms with Gasteiger partial charge in [0.1, 0.15) is 16.4 Å². The fourth-order valence-electron chi connectivity index (χ4n) is 2.28. The first kappa shape index (κ1) is 16.7. The normalized spacial score (nSPS) is 27.2. The topological polar surface area (TPSA) is 70.0 Å². The summed E-state index contributed by atoms with van der Waals surface area (Å²) in [5.74, 6) is -1.16. The Kier molecular flexibility index (Phi) is 3.92. The van der Waals surface area contributed by atoms with Gasteiger partial charge in [-0.25, -0.2) is 12.8 Å². The van der Waals surface area contributed by atoms with Crippen molar-refractivity contribution in [1.29, 1.82) is 5.41 Å². The van der Waals surface area contributed by atoms with E-state index >= 15 is 0 Å². The molecule has 1 aromatic carbocycles. The Morgan fingerprint density at radius 2 is 1.95 bits per heavy atom. The van der Waals surface area contributed by atoms with E-state index in [2.05, 4.69) is 21.2 Å². The van der Waals surface area contributed by atoms with E-state index in [0.29, 0.717) is 4.47 Å². The highest BCUT2D eigenvalue weighted by atomic mass is 79.9. The average Bonchev–Trinajstić information content (AvgIpc) is 2.30. The highest BCUT2D eigenvalue weighted by Gasteiger charge is 2.51. The fraction of sp³-hybridized carbons (Fsp3) is 0.462. The molecule has 1 aliphatic rings. The molecular weight excluding hydrogens is 383 g/mol. The third-order valence-corrected chi connectivity index (χ3v) is 7.30. The highest BCUT2D eigenvalue weighted by molar-refractivity contribution is 9.10. The van der Waals surface area contributed by atoms with Crippen LogP contribution in [0.4, 0.5) is 4.39 Å². The molecule has 0 bridgehead atoms. The number of benzene rings is 1. The van der Waals surface area contributed by atoms with E-state index in [1.807, 2.05) is 0 Å². The largest absolute Gasteiger partial charge is 0.362 e. The molecule has 4 nitrogen and oxygen atoms in total. The number of hydrogen-bond acceptors (Lipinski definition) is 3. The van der Waals surface area contributed by atoms with Crippen molar-refractivity contribution in [3.05, 3.63) is 33.0 Å². The van der Waals surface area contributed by atoms with Crippen LogP contribution in [0.3, 0.4) is 0 Å². The Morgan fingerprint density at radius 3 is 2.48 bits per heavy atom. The quantitative estimate of drug-likeness (QED) is 0.715. The minimum Gasteiger partial charge on any atom is -0.362 e. The van der Waals surface area contributed by atoms with Gasteiger partial charge in [0.25, 0.3) is 0 Å². The summed E-state index contributed by atoms with van der Waals surface area (Å²) in [5.41, 5.74) is -1.13. The van der Waals surface area contributed by atoms with Gasteiger partial charge in [-0.3, -0.25) is 5.41 Å². The molecule has 8 heteroatoms. The molecule has 0 spiro atoms. The molecule has 1 aliphatic heterocycles. The molecule has 1 heterocycles. The number of amidine groups is 1.